The lowest BCUT2D eigenvalue weighted by Crippen LogP contribution is -2.34. The van der Waals surface area contributed by atoms with Crippen molar-refractivity contribution >= 4 is 51.8 Å². The maximum Gasteiger partial charge on any atom is 0.407 e. The quantitative estimate of drug-likeness (QED) is 0.465. The number of thiazole rings is 1. The molecule has 2 amide bonds. The van der Waals surface area contributed by atoms with Gasteiger partial charge >= 0.3 is 12.1 Å². The molecule has 0 bridgehead atoms. The molecule has 1 aromatic rings. The Morgan fingerprint density at radius 1 is 1.35 bits per heavy atom. The average molecular weight is 407 g/mol. The topological polar surface area (TPSA) is 139 Å². The second kappa shape index (κ2) is 9.34. The van der Waals surface area contributed by atoms with Crippen LogP contribution >= 0.6 is 22.9 Å². The van der Waals surface area contributed by atoms with Gasteiger partial charge in [-0.25, -0.2) is 14.6 Å². The van der Waals surface area contributed by atoms with Gasteiger partial charge in [0.1, 0.15) is 22.7 Å². The van der Waals surface area contributed by atoms with Crippen molar-refractivity contribution in [2.75, 3.05) is 19.0 Å². The number of rotatable bonds is 7. The first-order valence-electron chi connectivity index (χ1n) is 7.31. The molecular formula is C14H19ClN4O6S. The summed E-state index contributed by atoms with van der Waals surface area (Å²) in [4.78, 5) is 42.9. The van der Waals surface area contributed by atoms with Crippen molar-refractivity contribution in [1.82, 2.24) is 10.3 Å². The van der Waals surface area contributed by atoms with E-state index in [-0.39, 0.29) is 28.1 Å². The van der Waals surface area contributed by atoms with Crippen molar-refractivity contribution in [2.24, 2.45) is 5.16 Å². The molecule has 26 heavy (non-hydrogen) atoms. The zero-order valence-electron chi connectivity index (χ0n) is 14.6. The van der Waals surface area contributed by atoms with Gasteiger partial charge in [0.2, 0.25) is 11.6 Å². The molecule has 0 radical (unpaired) electrons. The maximum atomic E-state index is 11.9. The third-order valence-corrected chi connectivity index (χ3v) is 3.63. The number of nitrogens with one attached hydrogen (secondary N) is 2. The van der Waals surface area contributed by atoms with Crippen molar-refractivity contribution in [2.45, 2.75) is 32.8 Å². The van der Waals surface area contributed by atoms with Gasteiger partial charge in [-0.1, -0.05) is 28.1 Å². The van der Waals surface area contributed by atoms with Crippen molar-refractivity contribution < 1.29 is 29.1 Å². The standard InChI is InChI=1S/C14H19ClN4O6S/c1-14(2,3)25-13(23)16-6-5-7(20)17-12-18-8(10(15)26-12)9(11(21)22)19-24-4/h5-6H2,1-4H3,(H,16,23)(H,21,22)(H,17,18,20)/b19-9-. The van der Waals surface area contributed by atoms with Crippen LogP contribution in [0, 0.1) is 0 Å². The third-order valence-electron chi connectivity index (χ3n) is 2.46. The van der Waals surface area contributed by atoms with E-state index in [1.165, 1.54) is 7.11 Å². The van der Waals surface area contributed by atoms with Crippen LogP contribution in [0.15, 0.2) is 5.16 Å². The molecule has 0 aliphatic rings. The number of carbonyl (C=O) groups is 3. The normalized spacial score (nSPS) is 11.7. The lowest BCUT2D eigenvalue weighted by atomic mass is 10.2. The molecule has 0 aliphatic carbocycles. The number of ether oxygens (including phenoxy) is 1. The molecule has 0 fully saturated rings. The summed E-state index contributed by atoms with van der Waals surface area (Å²) in [6.07, 6.45) is -0.671. The first kappa shape index (κ1) is 21.6. The number of anilines is 1. The number of carboxylic acid groups (broad SMARTS) is 1. The summed E-state index contributed by atoms with van der Waals surface area (Å²) in [7, 11) is 1.18. The van der Waals surface area contributed by atoms with Gasteiger partial charge in [0.05, 0.1) is 0 Å². The number of amides is 2. The van der Waals surface area contributed by atoms with Crippen LogP contribution in [0.3, 0.4) is 0 Å². The number of oxime groups is 1. The Hall–Kier alpha value is -2.40. The van der Waals surface area contributed by atoms with E-state index in [1.54, 1.807) is 20.8 Å². The Labute approximate surface area is 158 Å². The minimum Gasteiger partial charge on any atom is -0.476 e. The van der Waals surface area contributed by atoms with Gasteiger partial charge in [-0.05, 0) is 20.8 Å². The van der Waals surface area contributed by atoms with E-state index in [4.69, 9.17) is 21.4 Å². The SMILES string of the molecule is CO/N=C(\C(=O)O)c1nc(NC(=O)CCNC(=O)OC(C)(C)C)sc1Cl. The lowest BCUT2D eigenvalue weighted by Gasteiger charge is -2.19. The van der Waals surface area contributed by atoms with Gasteiger partial charge in [0.15, 0.2) is 5.13 Å². The number of nitrogens with zero attached hydrogens (tertiary/aromatic N) is 2. The molecule has 0 saturated carbocycles. The molecule has 144 valence electrons. The Morgan fingerprint density at radius 3 is 2.54 bits per heavy atom. The zero-order valence-corrected chi connectivity index (χ0v) is 16.2. The molecule has 0 saturated heterocycles. The van der Waals surface area contributed by atoms with Crippen LogP contribution in [0.25, 0.3) is 0 Å². The molecule has 3 N–H and O–H groups in total. The van der Waals surface area contributed by atoms with E-state index in [1.807, 2.05) is 0 Å². The number of carboxylic acids is 1. The minimum atomic E-state index is -1.38. The highest BCUT2D eigenvalue weighted by atomic mass is 35.5. The fourth-order valence-electron chi connectivity index (χ4n) is 1.55. The number of hydrogen-bond donors (Lipinski definition) is 3. The van der Waals surface area contributed by atoms with Crippen LogP contribution in [0.5, 0.6) is 0 Å². The predicted octanol–water partition coefficient (Wildman–Crippen LogP) is 2.08. The Balaban J connectivity index is 2.61. The van der Waals surface area contributed by atoms with Gasteiger partial charge in [0.25, 0.3) is 0 Å². The fraction of sp³-hybridized carbons (Fsp3) is 0.500. The van der Waals surface area contributed by atoms with E-state index in [9.17, 15) is 14.4 Å². The lowest BCUT2D eigenvalue weighted by molar-refractivity contribution is -0.129. The number of carbonyl (C=O) groups excluding carboxylic acids is 2. The van der Waals surface area contributed by atoms with Crippen LogP contribution < -0.4 is 10.6 Å². The van der Waals surface area contributed by atoms with Crippen molar-refractivity contribution in [3.63, 3.8) is 0 Å². The molecule has 12 heteroatoms. The number of halogens is 1. The molecular weight excluding hydrogens is 388 g/mol. The van der Waals surface area contributed by atoms with E-state index in [0.29, 0.717) is 0 Å². The molecule has 0 atom stereocenters. The molecule has 0 unspecified atom stereocenters. The van der Waals surface area contributed by atoms with E-state index in [0.717, 1.165) is 11.3 Å². The van der Waals surface area contributed by atoms with Crippen LogP contribution in [0.1, 0.15) is 32.9 Å². The molecule has 0 aromatic carbocycles. The van der Waals surface area contributed by atoms with Gasteiger partial charge in [-0.2, -0.15) is 0 Å². The number of alkyl carbamates (subject to hydrolysis) is 1. The highest BCUT2D eigenvalue weighted by Gasteiger charge is 2.23. The Morgan fingerprint density at radius 2 is 2.00 bits per heavy atom. The molecule has 0 spiro atoms. The Kier molecular flexibility index (Phi) is 7.77. The average Bonchev–Trinajstić information content (AvgIpc) is 2.82. The van der Waals surface area contributed by atoms with Gasteiger partial charge in [-0.3, -0.25) is 4.79 Å². The minimum absolute atomic E-state index is 0.0328. The first-order chi connectivity index (χ1) is 12.0. The highest BCUT2D eigenvalue weighted by Crippen LogP contribution is 2.28. The van der Waals surface area contributed by atoms with E-state index >= 15 is 0 Å². The smallest absolute Gasteiger partial charge is 0.407 e. The van der Waals surface area contributed by atoms with Gasteiger partial charge in [-0.15, -0.1) is 0 Å². The monoisotopic (exact) mass is 406 g/mol. The molecule has 1 rings (SSSR count). The van der Waals surface area contributed by atoms with Crippen LogP contribution in [0.4, 0.5) is 9.93 Å². The Bertz CT molecular complexity index is 713. The van der Waals surface area contributed by atoms with Crippen LogP contribution in [-0.2, 0) is 19.2 Å². The summed E-state index contributed by atoms with van der Waals surface area (Å²) in [6.45, 7) is 5.22. The molecule has 1 aromatic heterocycles. The second-order valence-corrected chi connectivity index (χ2v) is 7.40. The summed E-state index contributed by atoms with van der Waals surface area (Å²) >= 11 is 6.81. The largest absolute Gasteiger partial charge is 0.476 e. The van der Waals surface area contributed by atoms with Crippen LogP contribution in [0.2, 0.25) is 4.34 Å². The van der Waals surface area contributed by atoms with Gasteiger partial charge in [0, 0.05) is 13.0 Å². The summed E-state index contributed by atoms with van der Waals surface area (Å²) in [5, 5.41) is 17.4. The second-order valence-electron chi connectivity index (χ2n) is 5.80. The zero-order chi connectivity index (χ0) is 19.9. The summed E-state index contributed by atoms with van der Waals surface area (Å²) in [5.74, 6) is -1.82. The third kappa shape index (κ3) is 7.23. The summed E-state index contributed by atoms with van der Waals surface area (Å²) in [5.41, 5.74) is -1.24. The van der Waals surface area contributed by atoms with Crippen LogP contribution in [-0.4, -0.2) is 53.0 Å². The fourth-order valence-corrected chi connectivity index (χ4v) is 2.61. The predicted molar refractivity (Wildman–Crippen MR) is 95.8 cm³/mol. The van der Waals surface area contributed by atoms with Gasteiger partial charge < -0.3 is 25.3 Å². The first-order valence-corrected chi connectivity index (χ1v) is 8.50. The van der Waals surface area contributed by atoms with Crippen molar-refractivity contribution in [1.29, 1.82) is 0 Å². The van der Waals surface area contributed by atoms with Crippen molar-refractivity contribution in [3.05, 3.63) is 10.0 Å². The maximum absolute atomic E-state index is 11.9. The number of aromatic nitrogens is 1. The molecule has 10 nitrogen and oxygen atoms in total. The molecule has 1 heterocycles. The number of aliphatic carboxylic acids is 1. The summed E-state index contributed by atoms with van der Waals surface area (Å²) < 4.78 is 5.07. The highest BCUT2D eigenvalue weighted by molar-refractivity contribution is 7.20. The number of hydrogen-bond acceptors (Lipinski definition) is 8. The molecule has 0 aliphatic heterocycles. The summed E-state index contributed by atoms with van der Waals surface area (Å²) in [6, 6.07) is 0. The van der Waals surface area contributed by atoms with E-state index in [2.05, 4.69) is 25.6 Å². The van der Waals surface area contributed by atoms with E-state index < -0.39 is 29.3 Å². The van der Waals surface area contributed by atoms with Crippen molar-refractivity contribution in [3.8, 4) is 0 Å².